The van der Waals surface area contributed by atoms with Gasteiger partial charge in [0.1, 0.15) is 0 Å². The predicted molar refractivity (Wildman–Crippen MR) is 104 cm³/mol. The molecule has 3 nitrogen and oxygen atoms in total. The fraction of sp³-hybridized carbons (Fsp3) is 0.333. The molecule has 2 heterocycles. The summed E-state index contributed by atoms with van der Waals surface area (Å²) in [6.45, 7) is 9.24. The number of aryl methyl sites for hydroxylation is 3. The number of hydrogen-bond donors (Lipinski definition) is 0. The monoisotopic (exact) mass is 377 g/mol. The largest absolute Gasteiger partial charge is 0.302 e. The summed E-state index contributed by atoms with van der Waals surface area (Å²) in [5.74, 6) is 1.76. The van der Waals surface area contributed by atoms with Crippen LogP contribution < -0.4 is 0 Å². The van der Waals surface area contributed by atoms with Crippen LogP contribution in [-0.4, -0.2) is 14.8 Å². The Hall–Kier alpha value is -1.30. The van der Waals surface area contributed by atoms with E-state index in [1.54, 1.807) is 23.1 Å². The summed E-state index contributed by atoms with van der Waals surface area (Å²) >= 11 is 9.77. The molecule has 6 heteroatoms. The van der Waals surface area contributed by atoms with Crippen molar-refractivity contribution < 1.29 is 0 Å². The highest BCUT2D eigenvalue weighted by Gasteiger charge is 2.18. The number of nitrogens with zero attached hydrogens (tertiary/aromatic N) is 3. The summed E-state index contributed by atoms with van der Waals surface area (Å²) in [6, 6.07) is 6.57. The second kappa shape index (κ2) is 7.30. The van der Waals surface area contributed by atoms with Crippen molar-refractivity contribution in [1.82, 2.24) is 14.8 Å². The molecular weight excluding hydrogens is 358 g/mol. The van der Waals surface area contributed by atoms with Crippen LogP contribution in [0.4, 0.5) is 0 Å². The second-order valence-electron chi connectivity index (χ2n) is 5.83. The van der Waals surface area contributed by atoms with Crippen molar-refractivity contribution in [2.24, 2.45) is 0 Å². The number of thiophene rings is 1. The fourth-order valence-electron chi connectivity index (χ4n) is 2.53. The first-order chi connectivity index (χ1) is 11.5. The van der Waals surface area contributed by atoms with Crippen LogP contribution in [-0.2, 0) is 12.3 Å². The smallest absolute Gasteiger partial charge is 0.191 e. The fourth-order valence-corrected chi connectivity index (χ4v) is 4.86. The predicted octanol–water partition coefficient (Wildman–Crippen LogP) is 5.90. The second-order valence-corrected chi connectivity index (χ2v) is 8.03. The minimum Gasteiger partial charge on any atom is -0.302 e. The van der Waals surface area contributed by atoms with Gasteiger partial charge in [0, 0.05) is 12.3 Å². The van der Waals surface area contributed by atoms with Gasteiger partial charge in [-0.1, -0.05) is 47.1 Å². The van der Waals surface area contributed by atoms with Gasteiger partial charge in [0.2, 0.25) is 0 Å². The highest BCUT2D eigenvalue weighted by molar-refractivity contribution is 7.98. The van der Waals surface area contributed by atoms with Gasteiger partial charge in [-0.3, -0.25) is 0 Å². The topological polar surface area (TPSA) is 30.7 Å². The SMILES string of the molecule is CCn1c(SCc2cc(C)ccc2C)nnc1-c1scc(C)c1Cl. The number of thioether (sulfide) groups is 1. The van der Waals surface area contributed by atoms with E-state index in [-0.39, 0.29) is 0 Å². The number of benzene rings is 1. The third-order valence-electron chi connectivity index (χ3n) is 4.00. The van der Waals surface area contributed by atoms with Crippen molar-refractivity contribution in [3.63, 3.8) is 0 Å². The molecule has 0 saturated heterocycles. The van der Waals surface area contributed by atoms with E-state index in [0.717, 1.165) is 38.7 Å². The van der Waals surface area contributed by atoms with Gasteiger partial charge >= 0.3 is 0 Å². The Morgan fingerprint density at radius 3 is 2.62 bits per heavy atom. The van der Waals surface area contributed by atoms with Gasteiger partial charge in [-0.25, -0.2) is 0 Å². The van der Waals surface area contributed by atoms with Crippen molar-refractivity contribution in [2.75, 3.05) is 0 Å². The van der Waals surface area contributed by atoms with Crippen LogP contribution in [0.2, 0.25) is 5.02 Å². The Labute approximate surface area is 156 Å². The van der Waals surface area contributed by atoms with Crippen LogP contribution in [0.1, 0.15) is 29.2 Å². The Morgan fingerprint density at radius 1 is 1.17 bits per heavy atom. The van der Waals surface area contributed by atoms with E-state index < -0.39 is 0 Å². The Bertz CT molecular complexity index is 867. The molecule has 126 valence electrons. The van der Waals surface area contributed by atoms with Gasteiger partial charge in [0.25, 0.3) is 0 Å². The third kappa shape index (κ3) is 3.39. The number of rotatable bonds is 5. The maximum atomic E-state index is 6.42. The minimum atomic E-state index is 0.785. The van der Waals surface area contributed by atoms with E-state index in [1.165, 1.54) is 16.7 Å². The van der Waals surface area contributed by atoms with Crippen LogP contribution >= 0.6 is 34.7 Å². The molecule has 0 unspecified atom stereocenters. The molecular formula is C18H20ClN3S2. The van der Waals surface area contributed by atoms with Crippen molar-refractivity contribution in [3.05, 3.63) is 50.9 Å². The first-order valence-electron chi connectivity index (χ1n) is 7.87. The van der Waals surface area contributed by atoms with Crippen molar-refractivity contribution in [1.29, 1.82) is 0 Å². The Morgan fingerprint density at radius 2 is 1.96 bits per heavy atom. The lowest BCUT2D eigenvalue weighted by molar-refractivity contribution is 0.688. The average molecular weight is 378 g/mol. The Kier molecular flexibility index (Phi) is 5.33. The molecule has 2 aromatic heterocycles. The van der Waals surface area contributed by atoms with Crippen molar-refractivity contribution >= 4 is 34.7 Å². The molecule has 3 rings (SSSR count). The zero-order chi connectivity index (χ0) is 17.3. The third-order valence-corrected chi connectivity index (χ3v) is 6.71. The summed E-state index contributed by atoms with van der Waals surface area (Å²) in [6.07, 6.45) is 0. The standard InChI is InChI=1S/C18H20ClN3S2/c1-5-22-17(16-15(19)13(4)9-23-16)20-21-18(22)24-10-14-8-11(2)6-7-12(14)3/h6-9H,5,10H2,1-4H3. The van der Waals surface area contributed by atoms with Crippen molar-refractivity contribution in [2.45, 2.75) is 45.1 Å². The summed E-state index contributed by atoms with van der Waals surface area (Å²) in [5, 5.41) is 12.6. The van der Waals surface area contributed by atoms with E-state index >= 15 is 0 Å². The molecule has 0 fully saturated rings. The summed E-state index contributed by atoms with van der Waals surface area (Å²) in [4.78, 5) is 1.00. The molecule has 3 aromatic rings. The van der Waals surface area contributed by atoms with Crippen LogP contribution in [0.3, 0.4) is 0 Å². The van der Waals surface area contributed by atoms with E-state index in [1.807, 2.05) is 6.92 Å². The summed E-state index contributed by atoms with van der Waals surface area (Å²) < 4.78 is 2.15. The highest BCUT2D eigenvalue weighted by Crippen LogP contribution is 2.37. The lowest BCUT2D eigenvalue weighted by Gasteiger charge is -2.09. The van der Waals surface area contributed by atoms with Crippen LogP contribution in [0, 0.1) is 20.8 Å². The molecule has 0 spiro atoms. The van der Waals surface area contributed by atoms with Crippen LogP contribution in [0.25, 0.3) is 10.7 Å². The molecule has 0 bridgehead atoms. The first-order valence-corrected chi connectivity index (χ1v) is 10.1. The van der Waals surface area contributed by atoms with E-state index in [4.69, 9.17) is 11.6 Å². The van der Waals surface area contributed by atoms with E-state index in [0.29, 0.717) is 0 Å². The van der Waals surface area contributed by atoms with E-state index in [2.05, 4.69) is 59.1 Å². The normalized spacial score (nSPS) is 11.2. The molecule has 0 radical (unpaired) electrons. The molecule has 1 aromatic carbocycles. The average Bonchev–Trinajstić information content (AvgIpc) is 3.12. The molecule has 0 aliphatic carbocycles. The number of aromatic nitrogens is 3. The minimum absolute atomic E-state index is 0.785. The summed E-state index contributed by atoms with van der Waals surface area (Å²) in [7, 11) is 0. The van der Waals surface area contributed by atoms with Crippen LogP contribution in [0.5, 0.6) is 0 Å². The number of halogens is 1. The van der Waals surface area contributed by atoms with Gasteiger partial charge in [0.05, 0.1) is 9.90 Å². The quantitative estimate of drug-likeness (QED) is 0.519. The zero-order valence-corrected chi connectivity index (χ0v) is 16.6. The molecule has 0 N–H and O–H groups in total. The highest BCUT2D eigenvalue weighted by atomic mass is 35.5. The van der Waals surface area contributed by atoms with Gasteiger partial charge in [0.15, 0.2) is 11.0 Å². The lowest BCUT2D eigenvalue weighted by Crippen LogP contribution is -1.99. The number of hydrogen-bond acceptors (Lipinski definition) is 4. The maximum Gasteiger partial charge on any atom is 0.191 e. The summed E-state index contributed by atoms with van der Waals surface area (Å²) in [5.41, 5.74) is 5.03. The van der Waals surface area contributed by atoms with Crippen molar-refractivity contribution in [3.8, 4) is 10.7 Å². The van der Waals surface area contributed by atoms with Crippen LogP contribution in [0.15, 0.2) is 28.7 Å². The molecule has 0 aliphatic rings. The lowest BCUT2D eigenvalue weighted by atomic mass is 10.1. The van der Waals surface area contributed by atoms with Gasteiger partial charge in [-0.05, 0) is 49.8 Å². The zero-order valence-electron chi connectivity index (χ0n) is 14.3. The molecule has 0 amide bonds. The molecule has 24 heavy (non-hydrogen) atoms. The van der Waals surface area contributed by atoms with Gasteiger partial charge < -0.3 is 4.57 Å². The Balaban J connectivity index is 1.87. The van der Waals surface area contributed by atoms with E-state index in [9.17, 15) is 0 Å². The first kappa shape index (κ1) is 17.5. The van der Waals surface area contributed by atoms with Gasteiger partial charge in [-0.2, -0.15) is 0 Å². The molecule has 0 saturated carbocycles. The van der Waals surface area contributed by atoms with Gasteiger partial charge in [-0.15, -0.1) is 21.5 Å². The molecule has 0 aliphatic heterocycles. The molecule has 0 atom stereocenters. The maximum absolute atomic E-state index is 6.42.